The molecule has 1 fully saturated rings. The van der Waals surface area contributed by atoms with Gasteiger partial charge in [-0.2, -0.15) is 0 Å². The van der Waals surface area contributed by atoms with Crippen LogP contribution in [0.4, 0.5) is 0 Å². The monoisotopic (exact) mass is 640 g/mol. The van der Waals surface area contributed by atoms with Gasteiger partial charge < -0.3 is 15.2 Å². The third-order valence-electron chi connectivity index (χ3n) is 10.4. The molecule has 8 bridgehead atoms. The Hall–Kier alpha value is -5.11. The summed E-state index contributed by atoms with van der Waals surface area (Å²) in [5.74, 6) is 0.179. The van der Waals surface area contributed by atoms with Crippen LogP contribution in [-0.2, 0) is 16.6 Å². The van der Waals surface area contributed by atoms with Gasteiger partial charge in [-0.05, 0) is 79.7 Å². The number of rotatable bonds is 6. The van der Waals surface area contributed by atoms with Gasteiger partial charge in [0.2, 0.25) is 0 Å². The number of carbonyl (C=O) groups excluding carboxylic acids is 1. The van der Waals surface area contributed by atoms with Crippen LogP contribution in [-0.4, -0.2) is 35.3 Å². The van der Waals surface area contributed by atoms with Crippen LogP contribution in [0.3, 0.4) is 0 Å². The van der Waals surface area contributed by atoms with Gasteiger partial charge in [0.25, 0.3) is 0 Å². The first kappa shape index (κ1) is 31.5. The maximum atomic E-state index is 12.3. The van der Waals surface area contributed by atoms with Crippen LogP contribution >= 0.6 is 0 Å². The summed E-state index contributed by atoms with van der Waals surface area (Å²) < 4.78 is 7.04. The summed E-state index contributed by atoms with van der Waals surface area (Å²) in [6.45, 7) is 10.6. The molecule has 6 heterocycles. The van der Waals surface area contributed by atoms with Gasteiger partial charge in [0, 0.05) is 64.9 Å². The summed E-state index contributed by atoms with van der Waals surface area (Å²) in [7, 11) is 3.44. The fraction of sp³-hybridized carbons (Fsp3) is 0.325. The molecule has 8 heteroatoms. The van der Waals surface area contributed by atoms with Crippen molar-refractivity contribution in [3.05, 3.63) is 128 Å². The molecule has 5 aliphatic heterocycles. The molecule has 48 heavy (non-hydrogen) atoms. The number of hydrogen-bond donors (Lipinski definition) is 2. The van der Waals surface area contributed by atoms with E-state index in [1.807, 2.05) is 30.9 Å². The van der Waals surface area contributed by atoms with Gasteiger partial charge in [0.05, 0.1) is 41.3 Å². The Morgan fingerprint density at radius 3 is 2.48 bits per heavy atom. The van der Waals surface area contributed by atoms with E-state index in [1.54, 1.807) is 0 Å². The molecule has 1 saturated heterocycles. The fourth-order valence-electron chi connectivity index (χ4n) is 7.51. The Bertz CT molecular complexity index is 2050. The van der Waals surface area contributed by atoms with Crippen molar-refractivity contribution in [3.63, 3.8) is 0 Å². The Balaban J connectivity index is 1.43. The maximum Gasteiger partial charge on any atom is 0.305 e. The molecular formula is C40H42N5O3+. The lowest BCUT2D eigenvalue weighted by Crippen LogP contribution is -2.25. The van der Waals surface area contributed by atoms with Crippen molar-refractivity contribution in [1.29, 1.82) is 0 Å². The molecule has 2 N–H and O–H groups in total. The number of carbonyl (C=O) groups is 1. The second-order valence-electron chi connectivity index (χ2n) is 13.3. The average Bonchev–Trinajstić information content (AvgIpc) is 3.82. The largest absolute Gasteiger partial charge is 0.511 e. The second-order valence-corrected chi connectivity index (χ2v) is 13.3. The van der Waals surface area contributed by atoms with E-state index in [-0.39, 0.29) is 17.8 Å². The molecule has 244 valence electrons. The van der Waals surface area contributed by atoms with E-state index in [0.29, 0.717) is 25.0 Å². The molecule has 0 amide bonds. The number of methoxy groups -OCH3 is 1. The van der Waals surface area contributed by atoms with Crippen LogP contribution in [0.1, 0.15) is 65.9 Å². The molecule has 1 aromatic heterocycles. The number of aliphatic imine (C=N–C) groups is 3. The third kappa shape index (κ3) is 5.29. The quantitative estimate of drug-likeness (QED) is 0.255. The number of aromatic nitrogens is 1. The van der Waals surface area contributed by atoms with Gasteiger partial charge in [-0.25, -0.2) is 19.5 Å². The molecule has 0 aromatic carbocycles. The topological polar surface area (TPSA) is 99.5 Å². The smallest absolute Gasteiger partial charge is 0.305 e. The van der Waals surface area contributed by atoms with Gasteiger partial charge in [0.15, 0.2) is 12.4 Å². The predicted octanol–water partition coefficient (Wildman–Crippen LogP) is 7.15. The van der Waals surface area contributed by atoms with Crippen LogP contribution < -0.4 is 9.88 Å². The van der Waals surface area contributed by atoms with E-state index in [2.05, 4.69) is 75.5 Å². The van der Waals surface area contributed by atoms with Crippen molar-refractivity contribution in [2.75, 3.05) is 7.11 Å². The molecule has 8 nitrogen and oxygen atoms in total. The van der Waals surface area contributed by atoms with E-state index in [9.17, 15) is 9.90 Å². The zero-order chi connectivity index (χ0) is 33.9. The molecule has 2 atom stereocenters. The SMILES string of the molecule is CCC1=C(C)C2=NC1=CC1=C(C)C3=C(O)CC(=C4NC(=CC5=NC(=C2)C(/C=C/c2cc[n+](C)cc2)=C5C)[C@@H](C)[C@@H]4CCC(=O)OC)C3=N1. The minimum absolute atomic E-state index is 0.0116. The molecular weight excluding hydrogens is 598 g/mol. The highest BCUT2D eigenvalue weighted by Crippen LogP contribution is 2.46. The van der Waals surface area contributed by atoms with Crippen LogP contribution in [0.2, 0.25) is 0 Å². The van der Waals surface area contributed by atoms with Gasteiger partial charge in [-0.1, -0.05) is 26.0 Å². The van der Waals surface area contributed by atoms with Crippen LogP contribution in [0.5, 0.6) is 0 Å². The fourth-order valence-corrected chi connectivity index (χ4v) is 7.51. The number of esters is 1. The molecule has 1 aromatic rings. The molecule has 7 rings (SSSR count). The summed E-state index contributed by atoms with van der Waals surface area (Å²) in [4.78, 5) is 27.8. The minimum Gasteiger partial charge on any atom is -0.511 e. The van der Waals surface area contributed by atoms with E-state index in [4.69, 9.17) is 19.7 Å². The molecule has 6 aliphatic rings. The van der Waals surface area contributed by atoms with Crippen molar-refractivity contribution in [2.24, 2.45) is 33.9 Å². The van der Waals surface area contributed by atoms with Crippen molar-refractivity contribution < 1.29 is 19.2 Å². The Kier molecular flexibility index (Phi) is 7.98. The van der Waals surface area contributed by atoms with E-state index in [1.165, 1.54) is 12.7 Å². The summed E-state index contributed by atoms with van der Waals surface area (Å²) in [6.07, 6.45) is 16.8. The zero-order valence-electron chi connectivity index (χ0n) is 28.7. The lowest BCUT2D eigenvalue weighted by Gasteiger charge is -2.17. The number of ether oxygens (including phenoxy) is 1. The molecule has 1 aliphatic carbocycles. The van der Waals surface area contributed by atoms with Crippen molar-refractivity contribution in [1.82, 2.24) is 5.32 Å². The number of nitrogens with zero attached hydrogens (tertiary/aromatic N) is 4. The van der Waals surface area contributed by atoms with Crippen LogP contribution in [0.15, 0.2) is 137 Å². The van der Waals surface area contributed by atoms with Crippen molar-refractivity contribution >= 4 is 29.2 Å². The minimum atomic E-state index is -0.233. The molecule has 0 radical (unpaired) electrons. The van der Waals surface area contributed by atoms with E-state index < -0.39 is 0 Å². The summed E-state index contributed by atoms with van der Waals surface area (Å²) in [5, 5.41) is 15.1. The first-order chi connectivity index (χ1) is 23.1. The highest BCUT2D eigenvalue weighted by Gasteiger charge is 2.41. The number of aliphatic hydroxyl groups excluding tert-OH is 1. The molecule has 0 spiro atoms. The van der Waals surface area contributed by atoms with Gasteiger partial charge >= 0.3 is 5.97 Å². The Morgan fingerprint density at radius 1 is 1.02 bits per heavy atom. The number of aryl methyl sites for hydroxylation is 1. The Morgan fingerprint density at radius 2 is 1.75 bits per heavy atom. The lowest BCUT2D eigenvalue weighted by atomic mass is 9.86. The standard InChI is InChI=1S/C40H41N5O3/c1-8-26-21(2)31-19-35-27(10-9-25-13-15-45(6)16-14-25)22(3)30(42-35)18-32-23(4)28(11-12-37(47)48-7)39(43-32)29-17-36(46)38-24(5)33(44-40(29)38)20-34(26)41-31/h9-10,13-16,18-20,23,28H,8,11-12,17H2,1-7H3,(H,41,42,43,44)/p+1/t23-,28-/m0/s1. The first-order valence-electron chi connectivity index (χ1n) is 16.7. The lowest BCUT2D eigenvalue weighted by molar-refractivity contribution is -0.671. The predicted molar refractivity (Wildman–Crippen MR) is 190 cm³/mol. The average molecular weight is 641 g/mol. The summed E-state index contributed by atoms with van der Waals surface area (Å²) in [6, 6.07) is 4.19. The number of nitrogens with one attached hydrogen (secondary N) is 1. The number of allylic oxidation sites excluding steroid dienone is 12. The number of pyridine rings is 1. The van der Waals surface area contributed by atoms with Gasteiger partial charge in [-0.15, -0.1) is 0 Å². The third-order valence-corrected chi connectivity index (χ3v) is 10.4. The number of fused-ring (bicyclic) bond motifs is 5. The van der Waals surface area contributed by atoms with E-state index in [0.717, 1.165) is 91.0 Å². The summed E-state index contributed by atoms with van der Waals surface area (Å²) >= 11 is 0. The van der Waals surface area contributed by atoms with Crippen molar-refractivity contribution in [3.8, 4) is 0 Å². The normalized spacial score (nSPS) is 23.2. The van der Waals surface area contributed by atoms with E-state index >= 15 is 0 Å². The van der Waals surface area contributed by atoms with Crippen molar-refractivity contribution in [2.45, 2.75) is 60.3 Å². The number of hydrogen-bond acceptors (Lipinski definition) is 7. The number of aliphatic hydroxyl groups is 1. The molecule has 0 saturated carbocycles. The highest BCUT2D eigenvalue weighted by molar-refractivity contribution is 6.21. The zero-order valence-corrected chi connectivity index (χ0v) is 28.7. The second kappa shape index (κ2) is 12.2. The maximum absolute atomic E-state index is 12.3. The Labute approximate surface area is 282 Å². The van der Waals surface area contributed by atoms with Gasteiger partial charge in [0.1, 0.15) is 12.8 Å². The summed E-state index contributed by atoms with van der Waals surface area (Å²) in [5.41, 5.74) is 15.5. The van der Waals surface area contributed by atoms with Gasteiger partial charge in [-0.3, -0.25) is 4.79 Å². The van der Waals surface area contributed by atoms with Crippen LogP contribution in [0, 0.1) is 11.8 Å². The molecule has 0 unspecified atom stereocenters. The highest BCUT2D eigenvalue weighted by atomic mass is 16.5. The first-order valence-corrected chi connectivity index (χ1v) is 16.7. The van der Waals surface area contributed by atoms with Crippen LogP contribution in [0.25, 0.3) is 6.08 Å².